The molecule has 0 aliphatic rings. The van der Waals surface area contributed by atoms with Crippen LogP contribution in [0.3, 0.4) is 0 Å². The van der Waals surface area contributed by atoms with Crippen molar-refractivity contribution < 1.29 is 0 Å². The maximum Gasteiger partial charge on any atom is 0.0474 e. The van der Waals surface area contributed by atoms with Crippen molar-refractivity contribution >= 4 is 23.8 Å². The maximum atomic E-state index is 5.60. The van der Waals surface area contributed by atoms with E-state index in [1.807, 2.05) is 43.5 Å². The molecule has 2 rings (SSSR count). The highest BCUT2D eigenvalue weighted by molar-refractivity contribution is 6.17. The molecule has 0 fully saturated rings. The minimum absolute atomic E-state index is 0.581. The molecule has 0 unspecified atom stereocenters. The summed E-state index contributed by atoms with van der Waals surface area (Å²) in [6.07, 6.45) is 3.67. The second-order valence-electron chi connectivity index (χ2n) is 4.56. The van der Waals surface area contributed by atoms with E-state index in [-0.39, 0.29) is 0 Å². The van der Waals surface area contributed by atoms with Gasteiger partial charge in [0.1, 0.15) is 0 Å². The van der Waals surface area contributed by atoms with Crippen molar-refractivity contribution in [3.8, 4) is 0 Å². The van der Waals surface area contributed by atoms with Crippen LogP contribution in [-0.4, -0.2) is 14.1 Å². The fraction of sp³-hybridized carbons (Fsp3) is 0.200. The molecule has 23 heavy (non-hydrogen) atoms. The smallest absolute Gasteiger partial charge is 0.0474 e. The minimum atomic E-state index is 0.581. The Hall–Kier alpha value is -1.87. The number of alkyl halides is 1. The van der Waals surface area contributed by atoms with Gasteiger partial charge in [-0.2, -0.15) is 0 Å². The van der Waals surface area contributed by atoms with E-state index < -0.39 is 0 Å². The maximum absolute atomic E-state index is 5.60. The van der Waals surface area contributed by atoms with Gasteiger partial charge in [0.15, 0.2) is 0 Å². The first-order chi connectivity index (χ1) is 11.2. The molecule has 0 bridgehead atoms. The van der Waals surface area contributed by atoms with Gasteiger partial charge in [0.2, 0.25) is 0 Å². The van der Waals surface area contributed by atoms with E-state index in [1.54, 1.807) is 0 Å². The SMILES string of the molecule is C=Cc1ccc(CCl)cc1.C=Cc1ccc(CNC)cc1.CN. The fourth-order valence-corrected chi connectivity index (χ4v) is 1.90. The lowest BCUT2D eigenvalue weighted by atomic mass is 10.1. The highest BCUT2D eigenvalue weighted by atomic mass is 35.5. The molecule has 0 aromatic heterocycles. The Bertz CT molecular complexity index is 545. The van der Waals surface area contributed by atoms with Crippen molar-refractivity contribution in [3.05, 3.63) is 83.9 Å². The van der Waals surface area contributed by atoms with Crippen molar-refractivity contribution in [3.63, 3.8) is 0 Å². The molecule has 0 saturated heterocycles. The molecular formula is C20H27ClN2. The van der Waals surface area contributed by atoms with Gasteiger partial charge >= 0.3 is 0 Å². The van der Waals surface area contributed by atoms with Crippen LogP contribution in [0.1, 0.15) is 22.3 Å². The predicted molar refractivity (Wildman–Crippen MR) is 105 cm³/mol. The Labute approximate surface area is 145 Å². The van der Waals surface area contributed by atoms with Gasteiger partial charge in [-0.25, -0.2) is 0 Å². The molecule has 0 aliphatic heterocycles. The van der Waals surface area contributed by atoms with Crippen molar-refractivity contribution in [1.82, 2.24) is 5.32 Å². The molecule has 2 aromatic rings. The summed E-state index contributed by atoms with van der Waals surface area (Å²) in [5.74, 6) is 0.581. The lowest BCUT2D eigenvalue weighted by Crippen LogP contribution is -2.04. The zero-order valence-electron chi connectivity index (χ0n) is 14.1. The van der Waals surface area contributed by atoms with Crippen LogP contribution in [0.25, 0.3) is 12.2 Å². The quantitative estimate of drug-likeness (QED) is 0.780. The normalized spacial score (nSPS) is 8.87. The average molecular weight is 331 g/mol. The van der Waals surface area contributed by atoms with Gasteiger partial charge in [-0.15, -0.1) is 11.6 Å². The molecule has 0 heterocycles. The molecule has 124 valence electrons. The van der Waals surface area contributed by atoms with E-state index in [9.17, 15) is 0 Å². The summed E-state index contributed by atoms with van der Waals surface area (Å²) in [5.41, 5.74) is 9.25. The van der Waals surface area contributed by atoms with E-state index in [2.05, 4.69) is 48.5 Å². The highest BCUT2D eigenvalue weighted by Gasteiger charge is 1.89. The fourth-order valence-electron chi connectivity index (χ4n) is 1.72. The summed E-state index contributed by atoms with van der Waals surface area (Å²) in [6, 6.07) is 16.4. The number of nitrogens with two attached hydrogens (primary N) is 1. The van der Waals surface area contributed by atoms with Crippen LogP contribution >= 0.6 is 11.6 Å². The molecule has 0 radical (unpaired) electrons. The molecule has 0 amide bonds. The van der Waals surface area contributed by atoms with Crippen molar-refractivity contribution in [2.75, 3.05) is 14.1 Å². The minimum Gasteiger partial charge on any atom is -0.333 e. The van der Waals surface area contributed by atoms with E-state index in [4.69, 9.17) is 11.6 Å². The van der Waals surface area contributed by atoms with Crippen LogP contribution in [-0.2, 0) is 12.4 Å². The average Bonchev–Trinajstić information content (AvgIpc) is 2.65. The van der Waals surface area contributed by atoms with Crippen molar-refractivity contribution in [1.29, 1.82) is 0 Å². The Morgan fingerprint density at radius 3 is 1.57 bits per heavy atom. The second-order valence-corrected chi connectivity index (χ2v) is 4.82. The van der Waals surface area contributed by atoms with Crippen LogP contribution in [0.2, 0.25) is 0 Å². The molecule has 0 aliphatic carbocycles. The van der Waals surface area contributed by atoms with E-state index in [0.717, 1.165) is 17.7 Å². The highest BCUT2D eigenvalue weighted by Crippen LogP contribution is 2.07. The van der Waals surface area contributed by atoms with Gasteiger partial charge in [-0.05, 0) is 36.3 Å². The van der Waals surface area contributed by atoms with Crippen molar-refractivity contribution in [2.45, 2.75) is 12.4 Å². The van der Waals surface area contributed by atoms with Crippen LogP contribution in [0.15, 0.2) is 61.7 Å². The first-order valence-electron chi connectivity index (χ1n) is 7.44. The Kier molecular flexibility index (Phi) is 12.7. The number of rotatable bonds is 5. The summed E-state index contributed by atoms with van der Waals surface area (Å²) in [6.45, 7) is 8.27. The Morgan fingerprint density at radius 1 is 0.870 bits per heavy atom. The number of halogens is 1. The predicted octanol–water partition coefficient (Wildman–Crippen LogP) is 4.69. The van der Waals surface area contributed by atoms with Gasteiger partial charge < -0.3 is 11.1 Å². The summed E-state index contributed by atoms with van der Waals surface area (Å²) in [7, 11) is 3.45. The van der Waals surface area contributed by atoms with Crippen LogP contribution < -0.4 is 11.1 Å². The zero-order valence-corrected chi connectivity index (χ0v) is 14.8. The monoisotopic (exact) mass is 330 g/mol. The largest absolute Gasteiger partial charge is 0.333 e. The van der Waals surface area contributed by atoms with Crippen LogP contribution in [0, 0.1) is 0 Å². The molecule has 3 N–H and O–H groups in total. The number of nitrogens with one attached hydrogen (secondary N) is 1. The molecular weight excluding hydrogens is 304 g/mol. The molecule has 3 heteroatoms. The van der Waals surface area contributed by atoms with Gasteiger partial charge in [-0.3, -0.25) is 0 Å². The standard InChI is InChI=1S/C10H13N.C9H9Cl.CH5N/c1-3-9-4-6-10(7-5-9)8-11-2;1-2-8-3-5-9(7-10)6-4-8;1-2/h3-7,11H,1,8H2,2H3;2-6H,1,7H2;2H2,1H3. The summed E-state index contributed by atoms with van der Waals surface area (Å²) in [5, 5.41) is 3.10. The number of hydrogen-bond donors (Lipinski definition) is 2. The third-order valence-corrected chi connectivity index (χ3v) is 3.27. The third kappa shape index (κ3) is 8.99. The molecule has 0 spiro atoms. The number of benzene rings is 2. The summed E-state index contributed by atoms with van der Waals surface area (Å²) < 4.78 is 0. The van der Waals surface area contributed by atoms with Crippen LogP contribution in [0.5, 0.6) is 0 Å². The first-order valence-corrected chi connectivity index (χ1v) is 7.98. The second kappa shape index (κ2) is 13.8. The van der Waals surface area contributed by atoms with E-state index in [0.29, 0.717) is 5.88 Å². The molecule has 2 aromatic carbocycles. The Balaban J connectivity index is 0.000000381. The van der Waals surface area contributed by atoms with Crippen molar-refractivity contribution in [2.24, 2.45) is 5.73 Å². The number of hydrogen-bond acceptors (Lipinski definition) is 2. The summed E-state index contributed by atoms with van der Waals surface area (Å²) in [4.78, 5) is 0. The molecule has 2 nitrogen and oxygen atoms in total. The van der Waals surface area contributed by atoms with Gasteiger partial charge in [0.25, 0.3) is 0 Å². The first kappa shape index (κ1) is 21.1. The van der Waals surface area contributed by atoms with E-state index >= 15 is 0 Å². The molecule has 0 saturated carbocycles. The van der Waals surface area contributed by atoms with Crippen LogP contribution in [0.4, 0.5) is 0 Å². The zero-order chi connectivity index (χ0) is 17.5. The van der Waals surface area contributed by atoms with Gasteiger partial charge in [0.05, 0.1) is 0 Å². The van der Waals surface area contributed by atoms with Gasteiger partial charge in [0, 0.05) is 12.4 Å². The topological polar surface area (TPSA) is 38.0 Å². The lowest BCUT2D eigenvalue weighted by molar-refractivity contribution is 0.818. The molecule has 0 atom stereocenters. The lowest BCUT2D eigenvalue weighted by Gasteiger charge is -1.99. The van der Waals surface area contributed by atoms with E-state index in [1.165, 1.54) is 18.2 Å². The van der Waals surface area contributed by atoms with Gasteiger partial charge in [-0.1, -0.05) is 73.8 Å². The Morgan fingerprint density at radius 2 is 1.26 bits per heavy atom. The summed E-state index contributed by atoms with van der Waals surface area (Å²) >= 11 is 5.60. The third-order valence-electron chi connectivity index (χ3n) is 2.97.